The molecule has 0 amide bonds. The Morgan fingerprint density at radius 3 is 2.29 bits per heavy atom. The highest BCUT2D eigenvalue weighted by Gasteiger charge is 2.26. The zero-order chi connectivity index (χ0) is 15.9. The van der Waals surface area contributed by atoms with E-state index >= 15 is 0 Å². The summed E-state index contributed by atoms with van der Waals surface area (Å²) < 4.78 is 64.1. The van der Waals surface area contributed by atoms with Crippen LogP contribution in [0.25, 0.3) is 0 Å². The zero-order valence-electron chi connectivity index (χ0n) is 11.6. The van der Waals surface area contributed by atoms with Crippen LogP contribution >= 0.6 is 0 Å². The summed E-state index contributed by atoms with van der Waals surface area (Å²) in [7, 11) is 0. The van der Waals surface area contributed by atoms with Crippen molar-refractivity contribution >= 4 is 0 Å². The lowest BCUT2D eigenvalue weighted by Gasteiger charge is -2.14. The first kappa shape index (κ1) is 17.7. The van der Waals surface area contributed by atoms with E-state index in [1.165, 1.54) is 12.1 Å². The minimum atomic E-state index is -4.11. The smallest absolute Gasteiger partial charge is 0.389 e. The molecule has 0 aliphatic rings. The number of hydrogen-bond donors (Lipinski definition) is 1. The van der Waals surface area contributed by atoms with Crippen molar-refractivity contribution in [2.24, 2.45) is 0 Å². The minimum Gasteiger partial charge on any atom is -0.435 e. The second-order valence-electron chi connectivity index (χ2n) is 4.81. The maximum absolute atomic E-state index is 12.0. The third-order valence-electron chi connectivity index (χ3n) is 2.90. The average Bonchev–Trinajstić information content (AvgIpc) is 2.36. The Morgan fingerprint density at radius 1 is 1.14 bits per heavy atom. The van der Waals surface area contributed by atoms with Crippen molar-refractivity contribution in [1.82, 2.24) is 5.32 Å². The molecule has 21 heavy (non-hydrogen) atoms. The van der Waals surface area contributed by atoms with Crippen LogP contribution in [0.5, 0.6) is 5.75 Å². The number of rotatable bonds is 8. The molecule has 0 radical (unpaired) electrons. The van der Waals surface area contributed by atoms with Gasteiger partial charge >= 0.3 is 12.8 Å². The second kappa shape index (κ2) is 8.17. The standard InChI is InChI=1S/C14H18F5NO/c1-10(3-2-8-14(17,18)19)20-9-11-4-6-12(7-5-11)21-13(15)16/h4-7,10,13,20H,2-3,8-9H2,1H3. The Bertz CT molecular complexity index is 405. The Balaban J connectivity index is 2.28. The van der Waals surface area contributed by atoms with Gasteiger partial charge in [0, 0.05) is 19.0 Å². The molecule has 1 rings (SSSR count). The van der Waals surface area contributed by atoms with Gasteiger partial charge in [0.15, 0.2) is 0 Å². The van der Waals surface area contributed by atoms with Crippen LogP contribution in [0.3, 0.4) is 0 Å². The van der Waals surface area contributed by atoms with Crippen molar-refractivity contribution in [2.45, 2.75) is 51.6 Å². The van der Waals surface area contributed by atoms with Gasteiger partial charge in [0.25, 0.3) is 0 Å². The molecule has 0 fully saturated rings. The lowest BCUT2D eigenvalue weighted by atomic mass is 10.1. The van der Waals surface area contributed by atoms with Crippen molar-refractivity contribution in [1.29, 1.82) is 0 Å². The van der Waals surface area contributed by atoms with Crippen LogP contribution in [0, 0.1) is 0 Å². The van der Waals surface area contributed by atoms with Crippen LogP contribution in [0.4, 0.5) is 22.0 Å². The molecular weight excluding hydrogens is 293 g/mol. The van der Waals surface area contributed by atoms with Crippen molar-refractivity contribution in [3.05, 3.63) is 29.8 Å². The number of benzene rings is 1. The van der Waals surface area contributed by atoms with Crippen LogP contribution in [0.1, 0.15) is 31.7 Å². The third-order valence-corrected chi connectivity index (χ3v) is 2.90. The fraction of sp³-hybridized carbons (Fsp3) is 0.571. The molecular formula is C14H18F5NO. The summed E-state index contributed by atoms with van der Waals surface area (Å²) in [6.45, 7) is -0.588. The molecule has 1 N–H and O–H groups in total. The van der Waals surface area contributed by atoms with E-state index in [2.05, 4.69) is 10.1 Å². The summed E-state index contributed by atoms with van der Waals surface area (Å²) in [5.74, 6) is 0.0759. The van der Waals surface area contributed by atoms with Gasteiger partial charge in [-0.25, -0.2) is 0 Å². The van der Waals surface area contributed by atoms with Gasteiger partial charge in [0.2, 0.25) is 0 Å². The maximum Gasteiger partial charge on any atom is 0.389 e. The number of halogens is 5. The lowest BCUT2D eigenvalue weighted by Crippen LogP contribution is -2.25. The van der Waals surface area contributed by atoms with E-state index in [4.69, 9.17) is 0 Å². The zero-order valence-corrected chi connectivity index (χ0v) is 11.6. The SMILES string of the molecule is CC(CCCC(F)(F)F)NCc1ccc(OC(F)F)cc1. The molecule has 0 spiro atoms. The Hall–Kier alpha value is -1.37. The Morgan fingerprint density at radius 2 is 1.76 bits per heavy atom. The van der Waals surface area contributed by atoms with Crippen LogP contribution in [0.2, 0.25) is 0 Å². The fourth-order valence-corrected chi connectivity index (χ4v) is 1.79. The molecule has 1 aromatic carbocycles. The molecule has 0 aliphatic carbocycles. The predicted octanol–water partition coefficient (Wildman–Crippen LogP) is 4.50. The van der Waals surface area contributed by atoms with E-state index in [9.17, 15) is 22.0 Å². The molecule has 0 aliphatic heterocycles. The van der Waals surface area contributed by atoms with E-state index in [0.29, 0.717) is 13.0 Å². The predicted molar refractivity (Wildman–Crippen MR) is 69.3 cm³/mol. The largest absolute Gasteiger partial charge is 0.435 e. The first-order chi connectivity index (χ1) is 9.76. The summed E-state index contributed by atoms with van der Waals surface area (Å²) in [5.41, 5.74) is 0.847. The molecule has 0 bridgehead atoms. The molecule has 0 heterocycles. The Labute approximate surface area is 120 Å². The van der Waals surface area contributed by atoms with Gasteiger partial charge in [0.05, 0.1) is 0 Å². The molecule has 1 aromatic rings. The molecule has 0 saturated heterocycles. The van der Waals surface area contributed by atoms with Gasteiger partial charge in [0.1, 0.15) is 5.75 Å². The molecule has 7 heteroatoms. The van der Waals surface area contributed by atoms with Gasteiger partial charge in [-0.05, 0) is 37.5 Å². The summed E-state index contributed by atoms with van der Waals surface area (Å²) in [6, 6.07) is 6.07. The highest BCUT2D eigenvalue weighted by molar-refractivity contribution is 5.27. The van der Waals surface area contributed by atoms with E-state index in [1.54, 1.807) is 12.1 Å². The molecule has 1 atom stereocenters. The van der Waals surface area contributed by atoms with Crippen molar-refractivity contribution in [3.8, 4) is 5.75 Å². The molecule has 1 unspecified atom stereocenters. The van der Waals surface area contributed by atoms with Gasteiger partial charge in [-0.3, -0.25) is 0 Å². The summed E-state index contributed by atoms with van der Waals surface area (Å²) >= 11 is 0. The normalized spacial score (nSPS) is 13.5. The first-order valence-electron chi connectivity index (χ1n) is 6.60. The van der Waals surface area contributed by atoms with Crippen LogP contribution in [-0.2, 0) is 6.54 Å². The van der Waals surface area contributed by atoms with E-state index in [1.807, 2.05) is 6.92 Å². The van der Waals surface area contributed by atoms with E-state index in [-0.39, 0.29) is 18.2 Å². The van der Waals surface area contributed by atoms with Crippen LogP contribution in [-0.4, -0.2) is 18.8 Å². The van der Waals surface area contributed by atoms with Gasteiger partial charge < -0.3 is 10.1 Å². The molecule has 2 nitrogen and oxygen atoms in total. The van der Waals surface area contributed by atoms with Gasteiger partial charge in [-0.15, -0.1) is 0 Å². The van der Waals surface area contributed by atoms with Gasteiger partial charge in [-0.2, -0.15) is 22.0 Å². The number of nitrogens with one attached hydrogen (secondary N) is 1. The van der Waals surface area contributed by atoms with Gasteiger partial charge in [-0.1, -0.05) is 12.1 Å². The highest BCUT2D eigenvalue weighted by atomic mass is 19.4. The fourth-order valence-electron chi connectivity index (χ4n) is 1.79. The average molecular weight is 311 g/mol. The lowest BCUT2D eigenvalue weighted by molar-refractivity contribution is -0.135. The first-order valence-corrected chi connectivity index (χ1v) is 6.60. The monoisotopic (exact) mass is 311 g/mol. The number of hydrogen-bond acceptors (Lipinski definition) is 2. The quantitative estimate of drug-likeness (QED) is 0.714. The van der Waals surface area contributed by atoms with E-state index in [0.717, 1.165) is 5.56 Å². The molecule has 120 valence electrons. The van der Waals surface area contributed by atoms with Crippen molar-refractivity contribution in [2.75, 3.05) is 0 Å². The van der Waals surface area contributed by atoms with E-state index < -0.39 is 19.2 Å². The minimum absolute atomic E-state index is 0.0515. The molecule has 0 aromatic heterocycles. The summed E-state index contributed by atoms with van der Waals surface area (Å²) in [6.07, 6.45) is -4.39. The second-order valence-corrected chi connectivity index (χ2v) is 4.81. The number of ether oxygens (including phenoxy) is 1. The maximum atomic E-state index is 12.0. The summed E-state index contributed by atoms with van der Waals surface area (Å²) in [5, 5.41) is 3.09. The topological polar surface area (TPSA) is 21.3 Å². The highest BCUT2D eigenvalue weighted by Crippen LogP contribution is 2.22. The van der Waals surface area contributed by atoms with Crippen LogP contribution < -0.4 is 10.1 Å². The van der Waals surface area contributed by atoms with Crippen molar-refractivity contribution < 1.29 is 26.7 Å². The Kier molecular flexibility index (Phi) is 6.87. The summed E-state index contributed by atoms with van der Waals surface area (Å²) in [4.78, 5) is 0. The van der Waals surface area contributed by atoms with Crippen molar-refractivity contribution in [3.63, 3.8) is 0 Å². The number of alkyl halides is 5. The molecule has 0 saturated carbocycles. The van der Waals surface area contributed by atoms with Crippen LogP contribution in [0.15, 0.2) is 24.3 Å². The third kappa shape index (κ3) is 8.49.